The van der Waals surface area contributed by atoms with Gasteiger partial charge in [0.05, 0.1) is 24.9 Å². The Morgan fingerprint density at radius 2 is 1.83 bits per heavy atom. The average molecular weight is 493 g/mol. The lowest BCUT2D eigenvalue weighted by atomic mass is 10.0. The molecule has 0 bridgehead atoms. The molecule has 0 unspecified atom stereocenters. The fourth-order valence-corrected chi connectivity index (χ4v) is 5.50. The van der Waals surface area contributed by atoms with E-state index < -0.39 is 0 Å². The van der Waals surface area contributed by atoms with Crippen molar-refractivity contribution in [3.8, 4) is 33.0 Å². The first kappa shape index (κ1) is 25.3. The number of fused-ring (bicyclic) bond motifs is 1. The van der Waals surface area contributed by atoms with Crippen LogP contribution < -0.4 is 4.74 Å². The lowest BCUT2D eigenvalue weighted by molar-refractivity contribution is 0.0872. The van der Waals surface area contributed by atoms with Gasteiger partial charge in [-0.3, -0.25) is 4.90 Å². The van der Waals surface area contributed by atoms with Crippen molar-refractivity contribution in [3.63, 3.8) is 0 Å². The third-order valence-corrected chi connectivity index (χ3v) is 7.22. The van der Waals surface area contributed by atoms with Crippen molar-refractivity contribution in [2.75, 3.05) is 40.5 Å². The van der Waals surface area contributed by atoms with Crippen LogP contribution in [0.4, 0.5) is 0 Å². The summed E-state index contributed by atoms with van der Waals surface area (Å²) in [5.41, 5.74) is 5.22. The first-order chi connectivity index (χ1) is 17.0. The van der Waals surface area contributed by atoms with Gasteiger partial charge in [0.2, 0.25) is 0 Å². The molecule has 7 nitrogen and oxygen atoms in total. The Morgan fingerprint density at radius 3 is 2.51 bits per heavy atom. The summed E-state index contributed by atoms with van der Waals surface area (Å²) >= 11 is 1.56. The summed E-state index contributed by atoms with van der Waals surface area (Å²) in [6, 6.07) is 14.7. The molecule has 0 amide bonds. The van der Waals surface area contributed by atoms with E-state index in [2.05, 4.69) is 39.4 Å². The predicted molar refractivity (Wildman–Crippen MR) is 138 cm³/mol. The Kier molecular flexibility index (Phi) is 8.47. The minimum Gasteiger partial charge on any atom is -0.490 e. The van der Waals surface area contributed by atoms with Crippen LogP contribution in [0.15, 0.2) is 36.4 Å². The standard InChI is InChI=1S/C27H32N4O3S/c1-18(2)34-25-11-8-19(16-20(25)17-28)26-29-30-27(35-26)23-7-5-6-22-21(23)9-10-24(22)31(12-14-32-3)13-15-33-4/h5-8,11,16,18,24H,9-10,12-15H2,1-4H3/t24-/m1/s1. The quantitative estimate of drug-likeness (QED) is 0.368. The third-order valence-electron chi connectivity index (χ3n) is 6.21. The fourth-order valence-electron chi connectivity index (χ4n) is 4.61. The maximum Gasteiger partial charge on any atom is 0.148 e. The molecule has 1 aliphatic rings. The van der Waals surface area contributed by atoms with Crippen LogP contribution >= 0.6 is 11.3 Å². The van der Waals surface area contributed by atoms with E-state index in [0.29, 0.717) is 30.6 Å². The number of nitriles is 1. The fraction of sp³-hybridized carbons (Fsp3) is 0.444. The number of rotatable bonds is 11. The second-order valence-electron chi connectivity index (χ2n) is 8.85. The van der Waals surface area contributed by atoms with Crippen LogP contribution in [-0.4, -0.2) is 61.7 Å². The van der Waals surface area contributed by atoms with E-state index in [1.807, 2.05) is 32.0 Å². The predicted octanol–water partition coefficient (Wildman–Crippen LogP) is 5.11. The van der Waals surface area contributed by atoms with Gasteiger partial charge in [-0.25, -0.2) is 0 Å². The van der Waals surface area contributed by atoms with E-state index >= 15 is 0 Å². The van der Waals surface area contributed by atoms with Gasteiger partial charge in [0.25, 0.3) is 0 Å². The molecular formula is C27H32N4O3S. The monoisotopic (exact) mass is 492 g/mol. The highest BCUT2D eigenvalue weighted by molar-refractivity contribution is 7.17. The normalized spacial score (nSPS) is 14.9. The minimum absolute atomic E-state index is 0.00463. The molecule has 0 spiro atoms. The average Bonchev–Trinajstić information content (AvgIpc) is 3.52. The maximum absolute atomic E-state index is 9.59. The van der Waals surface area contributed by atoms with Crippen molar-refractivity contribution in [2.24, 2.45) is 0 Å². The highest BCUT2D eigenvalue weighted by Crippen LogP contribution is 2.42. The first-order valence-corrected chi connectivity index (χ1v) is 12.8. The van der Waals surface area contributed by atoms with Gasteiger partial charge < -0.3 is 14.2 Å². The number of ether oxygens (including phenoxy) is 3. The number of hydrogen-bond acceptors (Lipinski definition) is 8. The van der Waals surface area contributed by atoms with Gasteiger partial charge in [-0.15, -0.1) is 10.2 Å². The Morgan fingerprint density at radius 1 is 1.09 bits per heavy atom. The molecule has 2 aromatic carbocycles. The Balaban J connectivity index is 1.61. The second kappa shape index (κ2) is 11.7. The highest BCUT2D eigenvalue weighted by atomic mass is 32.1. The van der Waals surface area contributed by atoms with Gasteiger partial charge in [0, 0.05) is 44.5 Å². The third kappa shape index (κ3) is 5.71. The largest absolute Gasteiger partial charge is 0.490 e. The number of benzene rings is 2. The van der Waals surface area contributed by atoms with Crippen LogP contribution in [0.2, 0.25) is 0 Å². The first-order valence-electron chi connectivity index (χ1n) is 11.9. The highest BCUT2D eigenvalue weighted by Gasteiger charge is 2.30. The number of aromatic nitrogens is 2. The molecule has 1 heterocycles. The topological polar surface area (TPSA) is 80.5 Å². The van der Waals surface area contributed by atoms with Crippen LogP contribution in [0.25, 0.3) is 21.1 Å². The molecule has 4 rings (SSSR count). The second-order valence-corrected chi connectivity index (χ2v) is 9.83. The zero-order valence-corrected chi connectivity index (χ0v) is 21.6. The van der Waals surface area contributed by atoms with Crippen molar-refractivity contribution in [3.05, 3.63) is 53.1 Å². The molecule has 1 aliphatic carbocycles. The molecule has 0 saturated carbocycles. The minimum atomic E-state index is 0.00463. The van der Waals surface area contributed by atoms with Crippen LogP contribution in [0.5, 0.6) is 5.75 Å². The van der Waals surface area contributed by atoms with E-state index in [4.69, 9.17) is 14.2 Å². The van der Waals surface area contributed by atoms with Crippen molar-refractivity contribution in [2.45, 2.75) is 38.8 Å². The van der Waals surface area contributed by atoms with Crippen LogP contribution in [-0.2, 0) is 15.9 Å². The molecule has 8 heteroatoms. The molecule has 0 N–H and O–H groups in total. The number of hydrogen-bond donors (Lipinski definition) is 0. The van der Waals surface area contributed by atoms with Gasteiger partial charge in [-0.2, -0.15) is 5.26 Å². The molecule has 1 aromatic heterocycles. The molecular weight excluding hydrogens is 460 g/mol. The zero-order chi connectivity index (χ0) is 24.8. The van der Waals surface area contributed by atoms with Gasteiger partial charge in [0.15, 0.2) is 0 Å². The number of methoxy groups -OCH3 is 2. The van der Waals surface area contributed by atoms with Gasteiger partial charge in [-0.1, -0.05) is 29.5 Å². The Labute approximate surface area is 211 Å². The summed E-state index contributed by atoms with van der Waals surface area (Å²) < 4.78 is 16.5. The van der Waals surface area contributed by atoms with Gasteiger partial charge in [-0.05, 0) is 56.0 Å². The summed E-state index contributed by atoms with van der Waals surface area (Å²) in [5, 5.41) is 20.3. The van der Waals surface area contributed by atoms with Crippen molar-refractivity contribution >= 4 is 11.3 Å². The molecule has 0 fully saturated rings. The summed E-state index contributed by atoms with van der Waals surface area (Å²) in [5.74, 6) is 0.592. The Bertz CT molecular complexity index is 1180. The number of nitrogens with zero attached hydrogens (tertiary/aromatic N) is 4. The van der Waals surface area contributed by atoms with Gasteiger partial charge in [0.1, 0.15) is 21.8 Å². The summed E-state index contributed by atoms with van der Waals surface area (Å²) in [7, 11) is 3.49. The van der Waals surface area contributed by atoms with E-state index in [1.165, 1.54) is 11.1 Å². The Hall–Kier alpha value is -2.83. The molecule has 0 saturated heterocycles. The molecule has 1 atom stereocenters. The smallest absolute Gasteiger partial charge is 0.148 e. The summed E-state index contributed by atoms with van der Waals surface area (Å²) in [6.45, 7) is 7.03. The molecule has 184 valence electrons. The van der Waals surface area contributed by atoms with Crippen LogP contribution in [0.1, 0.15) is 43.0 Å². The van der Waals surface area contributed by atoms with E-state index in [0.717, 1.165) is 47.1 Å². The van der Waals surface area contributed by atoms with Crippen LogP contribution in [0.3, 0.4) is 0 Å². The lowest BCUT2D eigenvalue weighted by Crippen LogP contribution is -2.33. The van der Waals surface area contributed by atoms with E-state index in [-0.39, 0.29) is 6.10 Å². The van der Waals surface area contributed by atoms with Crippen molar-refractivity contribution in [1.82, 2.24) is 15.1 Å². The SMILES string of the molecule is COCCN(CCOC)[C@@H]1CCc2c(-c3nnc(-c4ccc(OC(C)C)c(C#N)c4)s3)cccc21. The summed E-state index contributed by atoms with van der Waals surface area (Å²) in [4.78, 5) is 2.46. The molecule has 0 radical (unpaired) electrons. The van der Waals surface area contributed by atoms with Gasteiger partial charge >= 0.3 is 0 Å². The zero-order valence-electron chi connectivity index (χ0n) is 20.8. The van der Waals surface area contributed by atoms with Crippen molar-refractivity contribution in [1.29, 1.82) is 5.26 Å². The van der Waals surface area contributed by atoms with E-state index in [1.54, 1.807) is 25.6 Å². The summed E-state index contributed by atoms with van der Waals surface area (Å²) in [6.07, 6.45) is 2.07. The molecule has 3 aromatic rings. The lowest BCUT2D eigenvalue weighted by Gasteiger charge is -2.29. The molecule has 0 aliphatic heterocycles. The van der Waals surface area contributed by atoms with E-state index in [9.17, 15) is 5.26 Å². The maximum atomic E-state index is 9.59. The van der Waals surface area contributed by atoms with Crippen LogP contribution in [0, 0.1) is 11.3 Å². The van der Waals surface area contributed by atoms with Crippen molar-refractivity contribution < 1.29 is 14.2 Å². The molecule has 35 heavy (non-hydrogen) atoms.